The van der Waals surface area contributed by atoms with Crippen molar-refractivity contribution >= 4 is 11.9 Å². The molecule has 5 nitrogen and oxygen atoms in total. The van der Waals surface area contributed by atoms with E-state index in [0.717, 1.165) is 18.9 Å². The average molecular weight is 281 g/mol. The van der Waals surface area contributed by atoms with Crippen LogP contribution in [0.3, 0.4) is 0 Å². The van der Waals surface area contributed by atoms with Gasteiger partial charge >= 0.3 is 5.97 Å². The zero-order valence-electron chi connectivity index (χ0n) is 11.1. The summed E-state index contributed by atoms with van der Waals surface area (Å²) in [6.45, 7) is 0.980. The number of halogens is 1. The van der Waals surface area contributed by atoms with E-state index in [4.69, 9.17) is 9.84 Å². The topological polar surface area (TPSA) is 66.8 Å². The first kappa shape index (κ1) is 14.5. The molecule has 6 heteroatoms. The number of nitrogens with zero attached hydrogens (tertiary/aromatic N) is 1. The molecule has 0 spiro atoms. The van der Waals surface area contributed by atoms with Crippen molar-refractivity contribution in [3.63, 3.8) is 0 Å². The molecule has 0 radical (unpaired) electrons. The predicted octanol–water partition coefficient (Wildman–Crippen LogP) is 1.77. The number of benzene rings is 1. The predicted molar refractivity (Wildman–Crippen MR) is 69.3 cm³/mol. The normalized spacial score (nSPS) is 18.9. The standard InChI is InChI=1S/C14H16FNO4/c1-20-10-3-2-6-16(8-10)13(17)11-5-4-9(14(18)19)7-12(11)15/h4-5,7,10H,2-3,6,8H2,1H3,(H,18,19). The van der Waals surface area contributed by atoms with Gasteiger partial charge in [0.25, 0.3) is 5.91 Å². The van der Waals surface area contributed by atoms with E-state index in [-0.39, 0.29) is 17.2 Å². The maximum absolute atomic E-state index is 13.9. The van der Waals surface area contributed by atoms with Crippen molar-refractivity contribution in [2.75, 3.05) is 20.2 Å². The first-order valence-electron chi connectivity index (χ1n) is 6.38. The van der Waals surface area contributed by atoms with E-state index < -0.39 is 17.7 Å². The lowest BCUT2D eigenvalue weighted by Gasteiger charge is -2.32. The van der Waals surface area contributed by atoms with Crippen molar-refractivity contribution in [2.24, 2.45) is 0 Å². The molecule has 0 aliphatic carbocycles. The van der Waals surface area contributed by atoms with Crippen LogP contribution in [0, 0.1) is 5.82 Å². The Bertz CT molecular complexity index is 532. The number of hydrogen-bond acceptors (Lipinski definition) is 3. The van der Waals surface area contributed by atoms with Crippen LogP contribution in [0.1, 0.15) is 33.6 Å². The Morgan fingerprint density at radius 3 is 2.80 bits per heavy atom. The number of aromatic carboxylic acids is 1. The molecule has 1 aliphatic heterocycles. The highest BCUT2D eigenvalue weighted by Gasteiger charge is 2.26. The molecule has 1 aliphatic rings. The molecule has 1 saturated heterocycles. The van der Waals surface area contributed by atoms with Gasteiger partial charge < -0.3 is 14.7 Å². The molecule has 1 atom stereocenters. The summed E-state index contributed by atoms with van der Waals surface area (Å²) in [5, 5.41) is 8.78. The van der Waals surface area contributed by atoms with E-state index in [0.29, 0.717) is 13.1 Å². The van der Waals surface area contributed by atoms with E-state index in [2.05, 4.69) is 0 Å². The molecule has 20 heavy (non-hydrogen) atoms. The maximum atomic E-state index is 13.9. The summed E-state index contributed by atoms with van der Waals surface area (Å²) < 4.78 is 19.1. The van der Waals surface area contributed by atoms with Gasteiger partial charge in [-0.3, -0.25) is 4.79 Å². The number of carbonyl (C=O) groups is 2. The number of hydrogen-bond donors (Lipinski definition) is 1. The second-order valence-corrected chi connectivity index (χ2v) is 4.75. The van der Waals surface area contributed by atoms with Crippen molar-refractivity contribution in [3.8, 4) is 0 Å². The van der Waals surface area contributed by atoms with E-state index in [1.807, 2.05) is 0 Å². The fraction of sp³-hybridized carbons (Fsp3) is 0.429. The molecule has 1 aromatic rings. The number of carbonyl (C=O) groups excluding carboxylic acids is 1. The molecule has 0 bridgehead atoms. The zero-order valence-corrected chi connectivity index (χ0v) is 11.1. The Hall–Kier alpha value is -1.95. The molecule has 2 rings (SSSR count). The van der Waals surface area contributed by atoms with Crippen LogP contribution in [0.2, 0.25) is 0 Å². The maximum Gasteiger partial charge on any atom is 0.335 e. The molecule has 1 amide bonds. The summed E-state index contributed by atoms with van der Waals surface area (Å²) in [6.07, 6.45) is 1.65. The first-order valence-corrected chi connectivity index (χ1v) is 6.38. The molecule has 0 aromatic heterocycles. The van der Waals surface area contributed by atoms with E-state index >= 15 is 0 Å². The largest absolute Gasteiger partial charge is 0.478 e. The van der Waals surface area contributed by atoms with Crippen LogP contribution in [0.5, 0.6) is 0 Å². The monoisotopic (exact) mass is 281 g/mol. The molecule has 1 N–H and O–H groups in total. The molecule has 1 fully saturated rings. The van der Waals surface area contributed by atoms with Crippen LogP contribution in [0.25, 0.3) is 0 Å². The van der Waals surface area contributed by atoms with E-state index in [1.54, 1.807) is 7.11 Å². The smallest absolute Gasteiger partial charge is 0.335 e. The lowest BCUT2D eigenvalue weighted by atomic mass is 10.1. The van der Waals surface area contributed by atoms with Gasteiger partial charge in [0.05, 0.1) is 17.2 Å². The van der Waals surface area contributed by atoms with Crippen LogP contribution in [-0.4, -0.2) is 48.2 Å². The van der Waals surface area contributed by atoms with Gasteiger partial charge in [0.2, 0.25) is 0 Å². The highest BCUT2D eigenvalue weighted by Crippen LogP contribution is 2.18. The summed E-state index contributed by atoms with van der Waals surface area (Å²) in [5.74, 6) is -2.46. The minimum Gasteiger partial charge on any atom is -0.478 e. The summed E-state index contributed by atoms with van der Waals surface area (Å²) in [5.41, 5.74) is -0.279. The first-order chi connectivity index (χ1) is 9.52. The Morgan fingerprint density at radius 1 is 1.45 bits per heavy atom. The van der Waals surface area contributed by atoms with Crippen molar-refractivity contribution in [1.82, 2.24) is 4.90 Å². The number of piperidine rings is 1. The number of carboxylic acid groups (broad SMARTS) is 1. The molecule has 1 unspecified atom stereocenters. The number of amides is 1. The Labute approximate surface area is 116 Å². The molecule has 1 heterocycles. The fourth-order valence-electron chi connectivity index (χ4n) is 2.31. The SMILES string of the molecule is COC1CCCN(C(=O)c2ccc(C(=O)O)cc2F)C1. The zero-order chi connectivity index (χ0) is 14.7. The molecular weight excluding hydrogens is 265 g/mol. The molecular formula is C14H16FNO4. The summed E-state index contributed by atoms with van der Waals surface area (Å²) >= 11 is 0. The van der Waals surface area contributed by atoms with Crippen molar-refractivity contribution in [1.29, 1.82) is 0 Å². The number of ether oxygens (including phenoxy) is 1. The number of carboxylic acids is 1. The van der Waals surface area contributed by atoms with Crippen LogP contribution in [0.15, 0.2) is 18.2 Å². The molecule has 108 valence electrons. The second kappa shape index (κ2) is 6.00. The quantitative estimate of drug-likeness (QED) is 0.917. The Morgan fingerprint density at radius 2 is 2.20 bits per heavy atom. The number of rotatable bonds is 3. The van der Waals surface area contributed by atoms with Gasteiger partial charge in [-0.2, -0.15) is 0 Å². The van der Waals surface area contributed by atoms with Crippen LogP contribution in [0.4, 0.5) is 4.39 Å². The van der Waals surface area contributed by atoms with Crippen molar-refractivity contribution in [2.45, 2.75) is 18.9 Å². The third kappa shape index (κ3) is 2.96. The molecule has 0 saturated carbocycles. The van der Waals surface area contributed by atoms with Gasteiger partial charge in [-0.15, -0.1) is 0 Å². The summed E-state index contributed by atoms with van der Waals surface area (Å²) in [4.78, 5) is 24.5. The van der Waals surface area contributed by atoms with Crippen LogP contribution >= 0.6 is 0 Å². The average Bonchev–Trinajstić information content (AvgIpc) is 2.46. The van der Waals surface area contributed by atoms with E-state index in [9.17, 15) is 14.0 Å². The van der Waals surface area contributed by atoms with E-state index in [1.165, 1.54) is 17.0 Å². The van der Waals surface area contributed by atoms with Gasteiger partial charge in [-0.05, 0) is 31.0 Å². The van der Waals surface area contributed by atoms with Crippen molar-refractivity contribution in [3.05, 3.63) is 35.1 Å². The molecule has 1 aromatic carbocycles. The third-order valence-electron chi connectivity index (χ3n) is 3.45. The highest BCUT2D eigenvalue weighted by molar-refractivity contribution is 5.96. The van der Waals surface area contributed by atoms with Crippen LogP contribution in [-0.2, 0) is 4.74 Å². The lowest BCUT2D eigenvalue weighted by molar-refractivity contribution is 0.0266. The van der Waals surface area contributed by atoms with Gasteiger partial charge in [0.1, 0.15) is 5.82 Å². The minimum atomic E-state index is -1.22. The summed E-state index contributed by atoms with van der Waals surface area (Å²) in [7, 11) is 1.58. The van der Waals surface area contributed by atoms with Crippen LogP contribution < -0.4 is 0 Å². The minimum absolute atomic E-state index is 0.0333. The number of likely N-dealkylation sites (tertiary alicyclic amines) is 1. The second-order valence-electron chi connectivity index (χ2n) is 4.75. The van der Waals surface area contributed by atoms with Gasteiger partial charge in [0.15, 0.2) is 0 Å². The Kier molecular flexibility index (Phi) is 4.34. The lowest BCUT2D eigenvalue weighted by Crippen LogP contribution is -2.43. The van der Waals surface area contributed by atoms with Crippen molar-refractivity contribution < 1.29 is 23.8 Å². The van der Waals surface area contributed by atoms with Gasteiger partial charge in [-0.1, -0.05) is 0 Å². The summed E-state index contributed by atoms with van der Waals surface area (Å²) in [6, 6.07) is 3.32. The highest BCUT2D eigenvalue weighted by atomic mass is 19.1. The van der Waals surface area contributed by atoms with Gasteiger partial charge in [0, 0.05) is 20.2 Å². The number of methoxy groups -OCH3 is 1. The fourth-order valence-corrected chi connectivity index (χ4v) is 2.31. The van der Waals surface area contributed by atoms with Gasteiger partial charge in [-0.25, -0.2) is 9.18 Å². The Balaban J connectivity index is 2.18. The third-order valence-corrected chi connectivity index (χ3v) is 3.45.